The van der Waals surface area contributed by atoms with E-state index in [4.69, 9.17) is 9.31 Å². The van der Waals surface area contributed by atoms with Crippen LogP contribution in [0.25, 0.3) is 0 Å². The van der Waals surface area contributed by atoms with Crippen LogP contribution in [0.5, 0.6) is 0 Å². The third kappa shape index (κ3) is 3.86. The minimum atomic E-state index is -0.409. The molecule has 0 bridgehead atoms. The molecule has 126 valence electrons. The Morgan fingerprint density at radius 3 is 1.96 bits per heavy atom. The molecule has 1 aromatic rings. The van der Waals surface area contributed by atoms with E-state index in [9.17, 15) is 4.79 Å². The van der Waals surface area contributed by atoms with Crippen LogP contribution in [0.15, 0.2) is 30.3 Å². The van der Waals surface area contributed by atoms with Gasteiger partial charge in [-0.05, 0) is 33.3 Å². The molecule has 23 heavy (non-hydrogen) atoms. The van der Waals surface area contributed by atoms with Crippen LogP contribution < -0.4 is 0 Å². The number of Topliss-reactive ketones (excluding diaryl/α,β-unsaturated/α-hetero) is 1. The first-order valence-corrected chi connectivity index (χ1v) is 8.38. The van der Waals surface area contributed by atoms with Crippen molar-refractivity contribution >= 4 is 12.9 Å². The summed E-state index contributed by atoms with van der Waals surface area (Å²) in [7, 11) is -0.409. The highest BCUT2D eigenvalue weighted by Gasteiger charge is 2.54. The normalized spacial score (nSPS) is 21.3. The van der Waals surface area contributed by atoms with Crippen molar-refractivity contribution in [2.75, 3.05) is 0 Å². The molecule has 0 radical (unpaired) electrons. The number of ketones is 1. The summed E-state index contributed by atoms with van der Waals surface area (Å²) in [6.45, 7) is 14.0. The van der Waals surface area contributed by atoms with Gasteiger partial charge in [0, 0.05) is 17.7 Å². The van der Waals surface area contributed by atoms with Crippen LogP contribution in [-0.2, 0) is 14.1 Å². The van der Waals surface area contributed by atoms with Crippen molar-refractivity contribution in [3.05, 3.63) is 35.9 Å². The third-order valence-corrected chi connectivity index (χ3v) is 5.07. The molecule has 0 spiro atoms. The highest BCUT2D eigenvalue weighted by molar-refractivity contribution is 6.48. The monoisotopic (exact) mass is 316 g/mol. The first-order chi connectivity index (χ1) is 10.4. The Kier molecular flexibility index (Phi) is 4.80. The summed E-state index contributed by atoms with van der Waals surface area (Å²) in [5.74, 6) is 0.130. The molecule has 1 heterocycles. The average Bonchev–Trinajstić information content (AvgIpc) is 2.64. The molecule has 4 heteroatoms. The van der Waals surface area contributed by atoms with E-state index in [1.54, 1.807) is 0 Å². The van der Waals surface area contributed by atoms with E-state index in [0.717, 1.165) is 5.56 Å². The van der Waals surface area contributed by atoms with E-state index in [-0.39, 0.29) is 17.0 Å². The molecule has 0 saturated carbocycles. The molecule has 1 fully saturated rings. The topological polar surface area (TPSA) is 35.5 Å². The van der Waals surface area contributed by atoms with Crippen LogP contribution in [0.3, 0.4) is 0 Å². The third-order valence-electron chi connectivity index (χ3n) is 5.07. The second-order valence-electron chi connectivity index (χ2n) is 8.52. The van der Waals surface area contributed by atoms with Crippen LogP contribution in [-0.4, -0.2) is 24.1 Å². The first-order valence-electron chi connectivity index (χ1n) is 8.38. The molecule has 1 aliphatic heterocycles. The highest BCUT2D eigenvalue weighted by Crippen LogP contribution is 2.42. The second kappa shape index (κ2) is 6.06. The first kappa shape index (κ1) is 18.2. The van der Waals surface area contributed by atoms with Gasteiger partial charge in [-0.25, -0.2) is 0 Å². The number of hydrogen-bond donors (Lipinski definition) is 0. The van der Waals surface area contributed by atoms with Crippen LogP contribution in [0.2, 0.25) is 0 Å². The van der Waals surface area contributed by atoms with E-state index in [2.05, 4.69) is 0 Å². The molecule has 1 aromatic carbocycles. The van der Waals surface area contributed by atoms with Gasteiger partial charge in [0.15, 0.2) is 0 Å². The molecular formula is C19H29BO3. The van der Waals surface area contributed by atoms with Gasteiger partial charge in [-0.1, -0.05) is 51.1 Å². The number of carbonyl (C=O) groups excluding carboxylic acids is 1. The zero-order chi connectivity index (χ0) is 17.5. The SMILES string of the molecule is CC(C)(C)C(=O)C[C@@H](B1OC(C)(C)C(C)(C)O1)c1ccccc1. The minimum Gasteiger partial charge on any atom is -0.403 e. The zero-order valence-electron chi connectivity index (χ0n) is 15.5. The van der Waals surface area contributed by atoms with Gasteiger partial charge in [0.05, 0.1) is 11.2 Å². The van der Waals surface area contributed by atoms with Crippen LogP contribution in [0.4, 0.5) is 0 Å². The van der Waals surface area contributed by atoms with Crippen LogP contribution in [0, 0.1) is 5.41 Å². The Morgan fingerprint density at radius 2 is 1.52 bits per heavy atom. The molecule has 0 unspecified atom stereocenters. The van der Waals surface area contributed by atoms with Crippen molar-refractivity contribution in [2.24, 2.45) is 5.41 Å². The molecule has 2 rings (SSSR count). The predicted octanol–water partition coefficient (Wildman–Crippen LogP) is 4.41. The summed E-state index contributed by atoms with van der Waals surface area (Å²) in [5.41, 5.74) is -0.0645. The number of carbonyl (C=O) groups is 1. The predicted molar refractivity (Wildman–Crippen MR) is 94.3 cm³/mol. The highest BCUT2D eigenvalue weighted by atomic mass is 16.7. The van der Waals surface area contributed by atoms with Crippen molar-refractivity contribution in [3.63, 3.8) is 0 Å². The van der Waals surface area contributed by atoms with E-state index in [0.29, 0.717) is 6.42 Å². The van der Waals surface area contributed by atoms with Crippen molar-refractivity contribution in [1.82, 2.24) is 0 Å². The summed E-state index contributed by atoms with van der Waals surface area (Å²) in [6.07, 6.45) is 0.421. The number of hydrogen-bond acceptors (Lipinski definition) is 3. The summed E-state index contributed by atoms with van der Waals surface area (Å²) >= 11 is 0. The largest absolute Gasteiger partial charge is 0.466 e. The fourth-order valence-electron chi connectivity index (χ4n) is 2.63. The summed E-state index contributed by atoms with van der Waals surface area (Å²) in [4.78, 5) is 12.6. The molecule has 3 nitrogen and oxygen atoms in total. The Morgan fingerprint density at radius 1 is 1.04 bits per heavy atom. The van der Waals surface area contributed by atoms with E-state index >= 15 is 0 Å². The Bertz CT molecular complexity index is 542. The van der Waals surface area contributed by atoms with Gasteiger partial charge in [-0.15, -0.1) is 0 Å². The van der Waals surface area contributed by atoms with Crippen molar-refractivity contribution in [1.29, 1.82) is 0 Å². The maximum atomic E-state index is 12.6. The van der Waals surface area contributed by atoms with Gasteiger partial charge in [-0.2, -0.15) is 0 Å². The van der Waals surface area contributed by atoms with Crippen molar-refractivity contribution < 1.29 is 14.1 Å². The van der Waals surface area contributed by atoms with Gasteiger partial charge in [0.1, 0.15) is 5.78 Å². The molecule has 0 N–H and O–H groups in total. The lowest BCUT2D eigenvalue weighted by atomic mass is 9.64. The standard InChI is InChI=1S/C19H29BO3/c1-17(2,3)16(21)13-15(14-11-9-8-10-12-14)20-22-18(4,5)19(6,7)23-20/h8-12,15H,13H2,1-7H3/t15-/m1/s1. The molecule has 0 aromatic heterocycles. The van der Waals surface area contributed by atoms with Gasteiger partial charge < -0.3 is 9.31 Å². The summed E-state index contributed by atoms with van der Waals surface area (Å²) in [6, 6.07) is 10.1. The summed E-state index contributed by atoms with van der Waals surface area (Å²) in [5, 5.41) is 0. The zero-order valence-corrected chi connectivity index (χ0v) is 15.5. The van der Waals surface area contributed by atoms with Crippen LogP contribution in [0.1, 0.15) is 66.3 Å². The second-order valence-corrected chi connectivity index (χ2v) is 8.52. The van der Waals surface area contributed by atoms with E-state index in [1.807, 2.05) is 78.8 Å². The van der Waals surface area contributed by atoms with Crippen LogP contribution >= 0.6 is 0 Å². The Balaban J connectivity index is 2.31. The molecule has 1 aliphatic rings. The van der Waals surface area contributed by atoms with Crippen molar-refractivity contribution in [2.45, 2.75) is 71.9 Å². The molecule has 1 saturated heterocycles. The Hall–Kier alpha value is -1.13. The van der Waals surface area contributed by atoms with Gasteiger partial charge in [-0.3, -0.25) is 4.79 Å². The smallest absolute Gasteiger partial charge is 0.403 e. The fourth-order valence-corrected chi connectivity index (χ4v) is 2.63. The minimum absolute atomic E-state index is 0.0935. The van der Waals surface area contributed by atoms with E-state index < -0.39 is 18.3 Å². The number of benzene rings is 1. The fraction of sp³-hybridized carbons (Fsp3) is 0.632. The van der Waals surface area contributed by atoms with Gasteiger partial charge in [0.2, 0.25) is 0 Å². The average molecular weight is 316 g/mol. The number of rotatable bonds is 4. The molecular weight excluding hydrogens is 287 g/mol. The van der Waals surface area contributed by atoms with Gasteiger partial charge >= 0.3 is 7.12 Å². The van der Waals surface area contributed by atoms with Gasteiger partial charge in [0.25, 0.3) is 0 Å². The molecule has 0 amide bonds. The summed E-state index contributed by atoms with van der Waals surface area (Å²) < 4.78 is 12.4. The Labute approximate surface area is 140 Å². The maximum absolute atomic E-state index is 12.6. The molecule has 0 aliphatic carbocycles. The quantitative estimate of drug-likeness (QED) is 0.772. The lowest BCUT2D eigenvalue weighted by Crippen LogP contribution is -2.41. The molecule has 1 atom stereocenters. The maximum Gasteiger partial charge on any atom is 0.466 e. The van der Waals surface area contributed by atoms with Crippen molar-refractivity contribution in [3.8, 4) is 0 Å². The lowest BCUT2D eigenvalue weighted by molar-refractivity contribution is -0.126. The van der Waals surface area contributed by atoms with E-state index in [1.165, 1.54) is 0 Å². The lowest BCUT2D eigenvalue weighted by Gasteiger charge is -2.32.